The first-order valence-electron chi connectivity index (χ1n) is 10.6. The van der Waals surface area contributed by atoms with Gasteiger partial charge in [0.2, 0.25) is 0 Å². The third-order valence-corrected chi connectivity index (χ3v) is 9.08. The molecule has 0 spiro atoms. The third-order valence-electron chi connectivity index (χ3n) is 6.11. The zero-order valence-corrected chi connectivity index (χ0v) is 18.5. The summed E-state index contributed by atoms with van der Waals surface area (Å²) in [5, 5.41) is 6.82. The highest BCUT2D eigenvalue weighted by Crippen LogP contribution is 2.66. The van der Waals surface area contributed by atoms with Crippen molar-refractivity contribution in [2.75, 3.05) is 31.1 Å². The summed E-state index contributed by atoms with van der Waals surface area (Å²) in [7, 11) is -3.14. The molecule has 1 aliphatic carbocycles. The van der Waals surface area contributed by atoms with E-state index in [0.29, 0.717) is 13.2 Å². The lowest BCUT2D eigenvalue weighted by Gasteiger charge is -2.40. The number of allylic oxidation sites excluding steroid dienone is 2. The summed E-state index contributed by atoms with van der Waals surface area (Å²) in [6, 6.07) is 19.8. The topological polar surface area (TPSA) is 45.1 Å². The van der Waals surface area contributed by atoms with E-state index in [0.717, 1.165) is 47.9 Å². The van der Waals surface area contributed by atoms with Crippen LogP contribution in [0, 0.1) is 5.41 Å². The molecular formula is C24H28N3O2P. The van der Waals surface area contributed by atoms with Gasteiger partial charge in [0, 0.05) is 24.1 Å². The van der Waals surface area contributed by atoms with Crippen LogP contribution in [0.25, 0.3) is 0 Å². The minimum atomic E-state index is -3.14. The second-order valence-corrected chi connectivity index (χ2v) is 11.5. The van der Waals surface area contributed by atoms with Crippen molar-refractivity contribution in [3.63, 3.8) is 0 Å². The highest BCUT2D eigenvalue weighted by Gasteiger charge is 2.51. The van der Waals surface area contributed by atoms with Crippen molar-refractivity contribution in [2.45, 2.75) is 26.7 Å². The van der Waals surface area contributed by atoms with E-state index in [1.165, 1.54) is 5.70 Å². The first-order valence-corrected chi connectivity index (χ1v) is 12.3. The normalized spacial score (nSPS) is 25.9. The van der Waals surface area contributed by atoms with E-state index in [9.17, 15) is 0 Å². The molecule has 0 saturated carbocycles. The maximum atomic E-state index is 15.1. The van der Waals surface area contributed by atoms with E-state index < -0.39 is 7.29 Å². The van der Waals surface area contributed by atoms with Crippen molar-refractivity contribution in [2.24, 2.45) is 10.5 Å². The van der Waals surface area contributed by atoms with Gasteiger partial charge in [0.05, 0.1) is 29.9 Å². The van der Waals surface area contributed by atoms with Crippen molar-refractivity contribution in [1.29, 1.82) is 0 Å². The molecule has 1 atom stereocenters. The first kappa shape index (κ1) is 19.6. The Labute approximate surface area is 178 Å². The van der Waals surface area contributed by atoms with Gasteiger partial charge in [0.25, 0.3) is 7.29 Å². The summed E-state index contributed by atoms with van der Waals surface area (Å²) >= 11 is 0. The molecule has 2 aromatic rings. The van der Waals surface area contributed by atoms with Crippen LogP contribution >= 0.6 is 7.29 Å². The van der Waals surface area contributed by atoms with Gasteiger partial charge in [-0.15, -0.1) is 0 Å². The number of morpholine rings is 1. The molecule has 0 radical (unpaired) electrons. The zero-order chi connectivity index (χ0) is 20.8. The second kappa shape index (κ2) is 7.40. The Morgan fingerprint density at radius 1 is 0.933 bits per heavy atom. The molecule has 1 saturated heterocycles. The number of ether oxygens (including phenoxy) is 1. The summed E-state index contributed by atoms with van der Waals surface area (Å²) in [4.78, 5) is 2.39. The molecule has 0 bridgehead atoms. The van der Waals surface area contributed by atoms with E-state index in [2.05, 4.69) is 18.7 Å². The van der Waals surface area contributed by atoms with Crippen LogP contribution in [0.5, 0.6) is 0 Å². The predicted octanol–water partition coefficient (Wildman–Crippen LogP) is 4.83. The first-order chi connectivity index (χ1) is 14.5. The number of hydrogen-bond acceptors (Lipinski definition) is 4. The largest absolute Gasteiger partial charge is 0.378 e. The van der Waals surface area contributed by atoms with Crippen LogP contribution in [0.15, 0.2) is 76.8 Å². The molecule has 156 valence electrons. The quantitative estimate of drug-likeness (QED) is 0.666. The molecule has 0 amide bonds. The molecule has 6 heteroatoms. The van der Waals surface area contributed by atoms with Crippen LogP contribution in [0.4, 0.5) is 5.69 Å². The van der Waals surface area contributed by atoms with Gasteiger partial charge < -0.3 is 9.64 Å². The summed E-state index contributed by atoms with van der Waals surface area (Å²) in [5.41, 5.74) is 3.12. The van der Waals surface area contributed by atoms with Crippen molar-refractivity contribution in [1.82, 2.24) is 4.90 Å². The number of benzene rings is 2. The van der Waals surface area contributed by atoms with Crippen LogP contribution in [0.3, 0.4) is 0 Å². The van der Waals surface area contributed by atoms with Crippen LogP contribution in [-0.2, 0) is 9.30 Å². The van der Waals surface area contributed by atoms with E-state index in [4.69, 9.17) is 9.84 Å². The monoisotopic (exact) mass is 421 g/mol. The maximum absolute atomic E-state index is 15.1. The molecule has 3 aliphatic rings. The Morgan fingerprint density at radius 2 is 1.57 bits per heavy atom. The zero-order valence-electron chi connectivity index (χ0n) is 17.6. The Bertz CT molecular complexity index is 1040. The van der Waals surface area contributed by atoms with E-state index >= 15 is 4.57 Å². The van der Waals surface area contributed by atoms with Gasteiger partial charge in [-0.1, -0.05) is 50.2 Å². The highest BCUT2D eigenvalue weighted by atomic mass is 31.2. The van der Waals surface area contributed by atoms with Crippen molar-refractivity contribution < 1.29 is 9.30 Å². The fourth-order valence-electron chi connectivity index (χ4n) is 4.75. The number of hydrogen-bond donors (Lipinski definition) is 0. The average Bonchev–Trinajstić information content (AvgIpc) is 3.07. The highest BCUT2D eigenvalue weighted by molar-refractivity contribution is 7.78. The van der Waals surface area contributed by atoms with Crippen molar-refractivity contribution in [3.05, 3.63) is 71.7 Å². The molecule has 2 aliphatic heterocycles. The Morgan fingerprint density at radius 3 is 2.23 bits per heavy atom. The lowest BCUT2D eigenvalue weighted by atomic mass is 9.78. The fourth-order valence-corrected chi connectivity index (χ4v) is 7.73. The number of para-hydroxylation sites is 1. The van der Waals surface area contributed by atoms with Gasteiger partial charge >= 0.3 is 0 Å². The van der Waals surface area contributed by atoms with Crippen molar-refractivity contribution in [3.8, 4) is 0 Å². The van der Waals surface area contributed by atoms with Crippen LogP contribution < -0.4 is 10.1 Å². The molecule has 2 heterocycles. The number of rotatable bonds is 3. The predicted molar refractivity (Wildman–Crippen MR) is 122 cm³/mol. The lowest BCUT2D eigenvalue weighted by Crippen LogP contribution is -2.40. The van der Waals surface area contributed by atoms with Gasteiger partial charge in [-0.05, 0) is 42.5 Å². The standard InChI is InChI=1S/C24H28N3O2P/c1-24(2)17-21-23(22(18-24)26-13-15-29-16-14-26)30(28,20-11-7-4-8-12-20)27(25-21)19-9-5-3-6-10-19/h3-12H,13-18H2,1-2H3/t30-/m0/s1. The molecule has 2 aromatic carbocycles. The smallest absolute Gasteiger partial charge is 0.252 e. The number of anilines is 1. The third kappa shape index (κ3) is 3.21. The number of fused-ring (bicyclic) bond motifs is 1. The summed E-state index contributed by atoms with van der Waals surface area (Å²) in [5.74, 6) is 0. The van der Waals surface area contributed by atoms with Crippen molar-refractivity contribution >= 4 is 24.0 Å². The molecule has 30 heavy (non-hydrogen) atoms. The van der Waals surface area contributed by atoms with Crippen LogP contribution in [0.2, 0.25) is 0 Å². The Hall–Kier alpha value is -2.36. The molecule has 5 nitrogen and oxygen atoms in total. The molecular weight excluding hydrogens is 393 g/mol. The summed E-state index contributed by atoms with van der Waals surface area (Å²) < 4.78 is 22.5. The Kier molecular flexibility index (Phi) is 4.83. The summed E-state index contributed by atoms with van der Waals surface area (Å²) in [6.07, 6.45) is 1.73. The van der Waals surface area contributed by atoms with Crippen LogP contribution in [-0.4, -0.2) is 36.9 Å². The molecule has 0 aromatic heterocycles. The average molecular weight is 421 g/mol. The van der Waals surface area contributed by atoms with E-state index in [1.54, 1.807) is 0 Å². The molecule has 0 N–H and O–H groups in total. The lowest BCUT2D eigenvalue weighted by molar-refractivity contribution is 0.0489. The molecule has 1 fully saturated rings. The summed E-state index contributed by atoms with van der Waals surface area (Å²) in [6.45, 7) is 7.66. The minimum absolute atomic E-state index is 0.0736. The maximum Gasteiger partial charge on any atom is 0.252 e. The van der Waals surface area contributed by atoms with E-state index in [-0.39, 0.29) is 5.41 Å². The van der Waals surface area contributed by atoms with E-state index in [1.807, 2.05) is 65.4 Å². The van der Waals surface area contributed by atoms with Gasteiger partial charge in [-0.25, -0.2) is 4.78 Å². The molecule has 5 rings (SSSR count). The second-order valence-electron chi connectivity index (χ2n) is 9.00. The van der Waals surface area contributed by atoms with Crippen LogP contribution in [0.1, 0.15) is 26.7 Å². The minimum Gasteiger partial charge on any atom is -0.378 e. The fraction of sp³-hybridized carbons (Fsp3) is 0.375. The number of hydrazone groups is 1. The Balaban J connectivity index is 1.75. The molecule has 0 unspecified atom stereocenters. The number of nitrogens with zero attached hydrogens (tertiary/aromatic N) is 3. The van der Waals surface area contributed by atoms with Gasteiger partial charge in [0.15, 0.2) is 0 Å². The van der Waals surface area contributed by atoms with Gasteiger partial charge in [0.1, 0.15) is 0 Å². The van der Waals surface area contributed by atoms with Gasteiger partial charge in [-0.3, -0.25) is 4.57 Å². The SMILES string of the molecule is CC1(C)CC2=NN(c3ccccc3)[P@](=O)(c3ccccc3)C2=C(N2CCOCC2)C1. The van der Waals surface area contributed by atoms with Gasteiger partial charge in [-0.2, -0.15) is 5.10 Å².